The number of hydrogen-bond acceptors (Lipinski definition) is 3. The third-order valence-corrected chi connectivity index (χ3v) is 5.11. The summed E-state index contributed by atoms with van der Waals surface area (Å²) in [5.74, 6) is 1.07. The SMILES string of the molecule is CC(C)(C)C1=Cc2nc(C(C)(C)C)ccc2C2=NC3C=CC=CC3N12. The molecule has 0 amide bonds. The molecule has 1 aliphatic carbocycles. The van der Waals surface area contributed by atoms with Crippen molar-refractivity contribution in [2.45, 2.75) is 59.0 Å². The maximum atomic E-state index is 5.05. The van der Waals surface area contributed by atoms with Gasteiger partial charge in [-0.2, -0.15) is 0 Å². The van der Waals surface area contributed by atoms with Crippen LogP contribution in [0.15, 0.2) is 47.1 Å². The van der Waals surface area contributed by atoms with Crippen molar-refractivity contribution in [1.82, 2.24) is 9.88 Å². The predicted molar refractivity (Wildman–Crippen MR) is 105 cm³/mol. The molecule has 3 heterocycles. The maximum absolute atomic E-state index is 5.05. The number of amidine groups is 1. The van der Waals surface area contributed by atoms with Crippen LogP contribution >= 0.6 is 0 Å². The number of fused-ring (bicyclic) bond motifs is 5. The van der Waals surface area contributed by atoms with Gasteiger partial charge in [0.15, 0.2) is 0 Å². The highest BCUT2D eigenvalue weighted by Crippen LogP contribution is 2.41. The maximum Gasteiger partial charge on any atom is 0.138 e. The molecular weight excluding hydrogens is 306 g/mol. The molecule has 2 atom stereocenters. The summed E-state index contributed by atoms with van der Waals surface area (Å²) >= 11 is 0. The first-order chi connectivity index (χ1) is 11.7. The van der Waals surface area contributed by atoms with E-state index >= 15 is 0 Å². The molecule has 130 valence electrons. The fourth-order valence-electron chi connectivity index (χ4n) is 3.73. The highest BCUT2D eigenvalue weighted by atomic mass is 15.3. The van der Waals surface area contributed by atoms with Gasteiger partial charge in [-0.05, 0) is 18.2 Å². The molecule has 0 aromatic carbocycles. The zero-order chi connectivity index (χ0) is 18.0. The molecule has 25 heavy (non-hydrogen) atoms. The van der Waals surface area contributed by atoms with Gasteiger partial charge in [-0.15, -0.1) is 0 Å². The van der Waals surface area contributed by atoms with Gasteiger partial charge < -0.3 is 4.90 Å². The molecule has 2 unspecified atom stereocenters. The lowest BCUT2D eigenvalue weighted by Crippen LogP contribution is -2.43. The zero-order valence-electron chi connectivity index (χ0n) is 16.0. The van der Waals surface area contributed by atoms with Crippen molar-refractivity contribution in [2.24, 2.45) is 10.4 Å². The molecule has 0 fully saturated rings. The second-order valence-electron chi connectivity index (χ2n) is 9.23. The molecule has 2 aliphatic heterocycles. The van der Waals surface area contributed by atoms with Gasteiger partial charge >= 0.3 is 0 Å². The molecule has 4 rings (SSSR count). The number of allylic oxidation sites excluding steroid dienone is 3. The Labute approximate surface area is 150 Å². The van der Waals surface area contributed by atoms with E-state index in [1.807, 2.05) is 0 Å². The smallest absolute Gasteiger partial charge is 0.138 e. The van der Waals surface area contributed by atoms with Crippen LogP contribution in [0.3, 0.4) is 0 Å². The van der Waals surface area contributed by atoms with Crippen LogP contribution in [0, 0.1) is 5.41 Å². The molecule has 0 radical (unpaired) electrons. The molecule has 0 saturated heterocycles. The van der Waals surface area contributed by atoms with Gasteiger partial charge in [0, 0.05) is 27.8 Å². The minimum absolute atomic E-state index is 0.0295. The van der Waals surface area contributed by atoms with E-state index < -0.39 is 0 Å². The fourth-order valence-corrected chi connectivity index (χ4v) is 3.73. The van der Waals surface area contributed by atoms with Crippen LogP contribution in [0.2, 0.25) is 0 Å². The topological polar surface area (TPSA) is 28.5 Å². The van der Waals surface area contributed by atoms with Crippen molar-refractivity contribution in [3.8, 4) is 0 Å². The summed E-state index contributed by atoms with van der Waals surface area (Å²) in [5, 5.41) is 0. The molecule has 1 aromatic rings. The Morgan fingerprint density at radius 3 is 2.32 bits per heavy atom. The van der Waals surface area contributed by atoms with E-state index in [2.05, 4.69) is 89.0 Å². The second kappa shape index (κ2) is 5.17. The third kappa shape index (κ3) is 2.57. The van der Waals surface area contributed by atoms with Gasteiger partial charge in [-0.1, -0.05) is 65.8 Å². The van der Waals surface area contributed by atoms with Crippen molar-refractivity contribution in [2.75, 3.05) is 0 Å². The van der Waals surface area contributed by atoms with E-state index in [9.17, 15) is 0 Å². The van der Waals surface area contributed by atoms with E-state index in [0.29, 0.717) is 0 Å². The third-order valence-electron chi connectivity index (χ3n) is 5.11. The summed E-state index contributed by atoms with van der Waals surface area (Å²) in [6, 6.07) is 4.83. The minimum atomic E-state index is 0.0295. The average molecular weight is 333 g/mol. The largest absolute Gasteiger partial charge is 0.320 e. The van der Waals surface area contributed by atoms with Crippen molar-refractivity contribution in [3.05, 3.63) is 59.1 Å². The first-order valence-electron chi connectivity index (χ1n) is 9.12. The molecule has 1 aromatic heterocycles. The number of aliphatic imine (C=N–C) groups is 1. The zero-order valence-corrected chi connectivity index (χ0v) is 16.0. The van der Waals surface area contributed by atoms with Crippen LogP contribution in [0.4, 0.5) is 0 Å². The Balaban J connectivity index is 1.92. The van der Waals surface area contributed by atoms with E-state index in [1.165, 1.54) is 5.70 Å². The molecule has 0 N–H and O–H groups in total. The Kier molecular flexibility index (Phi) is 3.37. The summed E-state index contributed by atoms with van der Waals surface area (Å²) < 4.78 is 0. The van der Waals surface area contributed by atoms with Gasteiger partial charge in [-0.3, -0.25) is 9.98 Å². The van der Waals surface area contributed by atoms with Crippen LogP contribution in [0.5, 0.6) is 0 Å². The summed E-state index contributed by atoms with van der Waals surface area (Å²) in [7, 11) is 0. The van der Waals surface area contributed by atoms with E-state index in [-0.39, 0.29) is 22.9 Å². The predicted octanol–water partition coefficient (Wildman–Crippen LogP) is 4.71. The first-order valence-corrected chi connectivity index (χ1v) is 9.12. The quantitative estimate of drug-likeness (QED) is 0.688. The summed E-state index contributed by atoms with van der Waals surface area (Å²) in [5.41, 5.74) is 4.70. The van der Waals surface area contributed by atoms with Gasteiger partial charge in [0.1, 0.15) is 5.84 Å². The average Bonchev–Trinajstić information content (AvgIpc) is 2.91. The fraction of sp³-hybridized carbons (Fsp3) is 0.455. The van der Waals surface area contributed by atoms with Crippen LogP contribution < -0.4 is 0 Å². The Morgan fingerprint density at radius 1 is 0.920 bits per heavy atom. The lowest BCUT2D eigenvalue weighted by Gasteiger charge is -2.40. The Bertz CT molecular complexity index is 841. The standard InChI is InChI=1S/C22H27N3/c1-21(2,3)18-12-11-14-16(23-18)13-19(22(4,5)6)25-17-10-8-7-9-15(17)24-20(14)25/h7-13,15,17H,1-6H3. The molecule has 0 saturated carbocycles. The number of nitrogens with zero attached hydrogens (tertiary/aromatic N) is 3. The van der Waals surface area contributed by atoms with Gasteiger partial charge in [0.25, 0.3) is 0 Å². The summed E-state index contributed by atoms with van der Waals surface area (Å²) in [6.07, 6.45) is 11.0. The molecular formula is C22H27N3. The first kappa shape index (κ1) is 16.3. The van der Waals surface area contributed by atoms with Crippen molar-refractivity contribution < 1.29 is 0 Å². The monoisotopic (exact) mass is 333 g/mol. The van der Waals surface area contributed by atoms with E-state index in [1.54, 1.807) is 0 Å². The minimum Gasteiger partial charge on any atom is -0.320 e. The van der Waals surface area contributed by atoms with Crippen LogP contribution in [-0.2, 0) is 5.41 Å². The lowest BCUT2D eigenvalue weighted by atomic mass is 9.85. The molecule has 3 aliphatic rings. The van der Waals surface area contributed by atoms with E-state index in [4.69, 9.17) is 9.98 Å². The van der Waals surface area contributed by atoms with E-state index in [0.717, 1.165) is 22.8 Å². The number of pyridine rings is 1. The molecule has 3 heteroatoms. The summed E-state index contributed by atoms with van der Waals surface area (Å²) in [6.45, 7) is 13.4. The van der Waals surface area contributed by atoms with Gasteiger partial charge in [0.05, 0.1) is 17.8 Å². The number of hydrogen-bond donors (Lipinski definition) is 0. The molecule has 0 spiro atoms. The highest BCUT2D eigenvalue weighted by molar-refractivity contribution is 6.06. The highest BCUT2D eigenvalue weighted by Gasteiger charge is 2.42. The van der Waals surface area contributed by atoms with Crippen LogP contribution in [-0.4, -0.2) is 27.8 Å². The van der Waals surface area contributed by atoms with Gasteiger partial charge in [-0.25, -0.2) is 0 Å². The molecule has 0 bridgehead atoms. The Morgan fingerprint density at radius 2 is 1.64 bits per heavy atom. The van der Waals surface area contributed by atoms with Crippen LogP contribution in [0.25, 0.3) is 6.08 Å². The van der Waals surface area contributed by atoms with Crippen molar-refractivity contribution in [1.29, 1.82) is 0 Å². The van der Waals surface area contributed by atoms with Crippen LogP contribution in [0.1, 0.15) is 58.5 Å². The number of rotatable bonds is 0. The van der Waals surface area contributed by atoms with Gasteiger partial charge in [0.2, 0.25) is 0 Å². The van der Waals surface area contributed by atoms with Crippen molar-refractivity contribution in [3.63, 3.8) is 0 Å². The number of aromatic nitrogens is 1. The lowest BCUT2D eigenvalue weighted by molar-refractivity contribution is 0.337. The Hall–Kier alpha value is -2.16. The normalized spacial score (nSPS) is 24.5. The summed E-state index contributed by atoms with van der Waals surface area (Å²) in [4.78, 5) is 12.5. The molecule has 3 nitrogen and oxygen atoms in total. The second-order valence-corrected chi connectivity index (χ2v) is 9.23. The van der Waals surface area contributed by atoms with Crippen molar-refractivity contribution >= 4 is 11.9 Å².